The molecular weight excluding hydrogens is 425 g/mol. The zero-order valence-electron chi connectivity index (χ0n) is 18.9. The van der Waals surface area contributed by atoms with Crippen LogP contribution in [0.1, 0.15) is 30.1 Å². The Bertz CT molecular complexity index is 1140. The van der Waals surface area contributed by atoms with Crippen LogP contribution in [0.15, 0.2) is 46.9 Å². The van der Waals surface area contributed by atoms with Crippen molar-refractivity contribution in [3.8, 4) is 0 Å². The minimum atomic E-state index is -0.388. The summed E-state index contributed by atoms with van der Waals surface area (Å²) in [5, 5.41) is 2.73. The second-order valence-electron chi connectivity index (χ2n) is 7.97. The third-order valence-corrected chi connectivity index (χ3v) is 5.82. The molecule has 3 aromatic rings. The van der Waals surface area contributed by atoms with E-state index in [1.54, 1.807) is 40.1 Å². The Kier molecular flexibility index (Phi) is 6.88. The summed E-state index contributed by atoms with van der Waals surface area (Å²) in [7, 11) is 0. The SMILES string of the molecule is CCN(CC)C(=O)c1ccc2oc(CN3CCN(C(=O)Nc4cccc(F)c4)CC3)nc2c1. The lowest BCUT2D eigenvalue weighted by molar-refractivity contribution is 0.0773. The third-order valence-electron chi connectivity index (χ3n) is 5.82. The van der Waals surface area contributed by atoms with E-state index in [1.165, 1.54) is 12.1 Å². The first-order valence-electron chi connectivity index (χ1n) is 11.2. The van der Waals surface area contributed by atoms with Gasteiger partial charge in [0.05, 0.1) is 6.54 Å². The summed E-state index contributed by atoms with van der Waals surface area (Å²) >= 11 is 0. The monoisotopic (exact) mass is 453 g/mol. The van der Waals surface area contributed by atoms with E-state index in [1.807, 2.05) is 13.8 Å². The predicted molar refractivity (Wildman–Crippen MR) is 124 cm³/mol. The van der Waals surface area contributed by atoms with Crippen LogP contribution < -0.4 is 5.32 Å². The number of piperazine rings is 1. The molecule has 0 spiro atoms. The fourth-order valence-electron chi connectivity index (χ4n) is 3.94. The number of fused-ring (bicyclic) bond motifs is 1. The first-order valence-corrected chi connectivity index (χ1v) is 11.2. The van der Waals surface area contributed by atoms with Crippen molar-refractivity contribution in [1.82, 2.24) is 19.7 Å². The lowest BCUT2D eigenvalue weighted by Crippen LogP contribution is -2.49. The topological polar surface area (TPSA) is 81.9 Å². The van der Waals surface area contributed by atoms with Gasteiger partial charge in [0.2, 0.25) is 5.89 Å². The third kappa shape index (κ3) is 5.31. The smallest absolute Gasteiger partial charge is 0.321 e. The Morgan fingerprint density at radius 3 is 2.55 bits per heavy atom. The summed E-state index contributed by atoms with van der Waals surface area (Å²) in [6.07, 6.45) is 0. The number of rotatable bonds is 6. The number of carbonyl (C=O) groups excluding carboxylic acids is 2. The number of carbonyl (C=O) groups is 2. The predicted octanol–water partition coefficient (Wildman–Crippen LogP) is 3.80. The van der Waals surface area contributed by atoms with Crippen molar-refractivity contribution >= 4 is 28.7 Å². The number of nitrogens with one attached hydrogen (secondary N) is 1. The Morgan fingerprint density at radius 2 is 1.85 bits per heavy atom. The maximum Gasteiger partial charge on any atom is 0.321 e. The first kappa shape index (κ1) is 22.7. The summed E-state index contributed by atoms with van der Waals surface area (Å²) in [6, 6.07) is 10.9. The van der Waals surface area contributed by atoms with E-state index in [0.29, 0.717) is 74.1 Å². The number of benzene rings is 2. The summed E-state index contributed by atoms with van der Waals surface area (Å²) in [5.74, 6) is 0.176. The van der Waals surface area contributed by atoms with E-state index in [0.717, 1.165) is 0 Å². The van der Waals surface area contributed by atoms with Crippen LogP contribution in [0.5, 0.6) is 0 Å². The molecule has 0 atom stereocenters. The van der Waals surface area contributed by atoms with Crippen LogP contribution in [0.3, 0.4) is 0 Å². The van der Waals surface area contributed by atoms with Crippen molar-refractivity contribution in [3.63, 3.8) is 0 Å². The van der Waals surface area contributed by atoms with Gasteiger partial charge in [0, 0.05) is 50.5 Å². The summed E-state index contributed by atoms with van der Waals surface area (Å²) in [6.45, 7) is 8.18. The number of urea groups is 1. The van der Waals surface area contributed by atoms with E-state index < -0.39 is 0 Å². The number of halogens is 1. The second-order valence-corrected chi connectivity index (χ2v) is 7.97. The fraction of sp³-hybridized carbons (Fsp3) is 0.375. The highest BCUT2D eigenvalue weighted by atomic mass is 19.1. The molecule has 174 valence electrons. The van der Waals surface area contributed by atoms with Gasteiger partial charge in [-0.2, -0.15) is 0 Å². The van der Waals surface area contributed by atoms with Crippen LogP contribution in [0, 0.1) is 5.82 Å². The van der Waals surface area contributed by atoms with Gasteiger partial charge in [-0.3, -0.25) is 9.69 Å². The van der Waals surface area contributed by atoms with E-state index in [2.05, 4.69) is 15.2 Å². The number of hydrogen-bond donors (Lipinski definition) is 1. The number of nitrogens with zero attached hydrogens (tertiary/aromatic N) is 4. The lowest BCUT2D eigenvalue weighted by atomic mass is 10.2. The minimum Gasteiger partial charge on any atom is -0.439 e. The Morgan fingerprint density at radius 1 is 1.09 bits per heavy atom. The first-order chi connectivity index (χ1) is 16.0. The molecule has 0 aliphatic carbocycles. The lowest BCUT2D eigenvalue weighted by Gasteiger charge is -2.34. The van der Waals surface area contributed by atoms with Crippen LogP contribution in [0.2, 0.25) is 0 Å². The highest BCUT2D eigenvalue weighted by Gasteiger charge is 2.23. The van der Waals surface area contributed by atoms with Gasteiger partial charge in [-0.1, -0.05) is 6.07 Å². The quantitative estimate of drug-likeness (QED) is 0.614. The molecule has 0 saturated carbocycles. The molecule has 1 aromatic heterocycles. The molecule has 3 amide bonds. The highest BCUT2D eigenvalue weighted by molar-refractivity contribution is 5.97. The Balaban J connectivity index is 1.34. The van der Waals surface area contributed by atoms with Gasteiger partial charge in [0.1, 0.15) is 11.3 Å². The van der Waals surface area contributed by atoms with Crippen LogP contribution in [0.4, 0.5) is 14.9 Å². The number of amides is 3. The van der Waals surface area contributed by atoms with Gasteiger partial charge in [0.15, 0.2) is 5.58 Å². The molecule has 2 heterocycles. The summed E-state index contributed by atoms with van der Waals surface area (Å²) in [5.41, 5.74) is 2.35. The summed E-state index contributed by atoms with van der Waals surface area (Å²) < 4.78 is 19.2. The molecule has 0 radical (unpaired) electrons. The van der Waals surface area contributed by atoms with Crippen LogP contribution in [-0.4, -0.2) is 70.9 Å². The van der Waals surface area contributed by atoms with Gasteiger partial charge in [-0.05, 0) is 50.2 Å². The number of anilines is 1. The van der Waals surface area contributed by atoms with Crippen molar-refractivity contribution in [2.75, 3.05) is 44.6 Å². The van der Waals surface area contributed by atoms with Crippen molar-refractivity contribution in [3.05, 3.63) is 59.7 Å². The van der Waals surface area contributed by atoms with Crippen molar-refractivity contribution in [2.45, 2.75) is 20.4 Å². The summed E-state index contributed by atoms with van der Waals surface area (Å²) in [4.78, 5) is 35.3. The molecule has 1 fully saturated rings. The molecule has 9 heteroatoms. The van der Waals surface area contributed by atoms with E-state index in [4.69, 9.17) is 4.42 Å². The molecule has 0 unspecified atom stereocenters. The number of aromatic nitrogens is 1. The molecule has 1 N–H and O–H groups in total. The standard InChI is InChI=1S/C24H28FN5O3/c1-3-29(4-2)23(31)17-8-9-21-20(14-17)27-22(33-21)16-28-10-12-30(13-11-28)24(32)26-19-7-5-6-18(25)15-19/h5-9,14-15H,3-4,10-13,16H2,1-2H3,(H,26,32). The Labute approximate surface area is 192 Å². The molecule has 1 aliphatic rings. The van der Waals surface area contributed by atoms with Gasteiger partial charge in [-0.25, -0.2) is 14.2 Å². The molecule has 8 nitrogen and oxygen atoms in total. The van der Waals surface area contributed by atoms with Crippen molar-refractivity contribution in [1.29, 1.82) is 0 Å². The zero-order chi connectivity index (χ0) is 23.4. The minimum absolute atomic E-state index is 0.0147. The van der Waals surface area contributed by atoms with Gasteiger partial charge < -0.3 is 19.5 Å². The number of oxazole rings is 1. The maximum absolute atomic E-state index is 13.3. The highest BCUT2D eigenvalue weighted by Crippen LogP contribution is 2.20. The molecule has 1 aliphatic heterocycles. The van der Waals surface area contributed by atoms with E-state index in [9.17, 15) is 14.0 Å². The Hall–Kier alpha value is -3.46. The van der Waals surface area contributed by atoms with Crippen molar-refractivity contribution in [2.24, 2.45) is 0 Å². The molecular formula is C24H28FN5O3. The van der Waals surface area contributed by atoms with Crippen molar-refractivity contribution < 1.29 is 18.4 Å². The number of hydrogen-bond acceptors (Lipinski definition) is 5. The second kappa shape index (κ2) is 9.99. The zero-order valence-corrected chi connectivity index (χ0v) is 18.9. The van der Waals surface area contributed by atoms with Gasteiger partial charge >= 0.3 is 6.03 Å². The van der Waals surface area contributed by atoms with Gasteiger partial charge in [0.25, 0.3) is 5.91 Å². The normalized spacial score (nSPS) is 14.5. The average molecular weight is 454 g/mol. The molecule has 1 saturated heterocycles. The molecule has 4 rings (SSSR count). The van der Waals surface area contributed by atoms with Crippen LogP contribution in [0.25, 0.3) is 11.1 Å². The fourth-order valence-corrected chi connectivity index (χ4v) is 3.94. The van der Waals surface area contributed by atoms with Gasteiger partial charge in [-0.15, -0.1) is 0 Å². The van der Waals surface area contributed by atoms with E-state index >= 15 is 0 Å². The van der Waals surface area contributed by atoms with Crippen LogP contribution >= 0.6 is 0 Å². The molecule has 33 heavy (non-hydrogen) atoms. The maximum atomic E-state index is 13.3. The average Bonchev–Trinajstić information content (AvgIpc) is 3.21. The largest absolute Gasteiger partial charge is 0.439 e. The van der Waals surface area contributed by atoms with E-state index in [-0.39, 0.29) is 17.8 Å². The molecule has 2 aromatic carbocycles. The van der Waals surface area contributed by atoms with Crippen LogP contribution in [-0.2, 0) is 6.54 Å². The molecule has 0 bridgehead atoms.